The maximum atomic E-state index is 12.6. The minimum Gasteiger partial charge on any atom is -0.368 e. The van der Waals surface area contributed by atoms with Crippen molar-refractivity contribution in [2.24, 2.45) is 5.92 Å². The Morgan fingerprint density at radius 2 is 1.76 bits per heavy atom. The number of alkyl halides is 3. The Hall–Kier alpha value is -3.10. The van der Waals surface area contributed by atoms with Crippen molar-refractivity contribution in [3.05, 3.63) is 53.9 Å². The van der Waals surface area contributed by atoms with Gasteiger partial charge >= 0.3 is 6.18 Å². The van der Waals surface area contributed by atoms with E-state index in [1.54, 1.807) is 6.20 Å². The Morgan fingerprint density at radius 3 is 2.36 bits per heavy atom. The van der Waals surface area contributed by atoms with Gasteiger partial charge in [-0.1, -0.05) is 12.1 Å². The largest absolute Gasteiger partial charge is 0.397 e. The van der Waals surface area contributed by atoms with E-state index in [1.165, 1.54) is 4.90 Å². The summed E-state index contributed by atoms with van der Waals surface area (Å²) in [5.41, 5.74) is 3.79. The van der Waals surface area contributed by atoms with Crippen LogP contribution in [0.3, 0.4) is 0 Å². The van der Waals surface area contributed by atoms with Crippen molar-refractivity contribution in [1.82, 2.24) is 9.88 Å². The van der Waals surface area contributed by atoms with Gasteiger partial charge in [0.1, 0.15) is 6.42 Å². The van der Waals surface area contributed by atoms with Gasteiger partial charge in [-0.15, -0.1) is 0 Å². The van der Waals surface area contributed by atoms with Crippen LogP contribution < -0.4 is 10.2 Å². The number of piperidine rings is 1. The van der Waals surface area contributed by atoms with Crippen molar-refractivity contribution >= 4 is 23.2 Å². The first-order valence-electron chi connectivity index (χ1n) is 11.1. The zero-order chi connectivity index (χ0) is 23.6. The van der Waals surface area contributed by atoms with Crippen LogP contribution in [0.4, 0.5) is 24.5 Å². The highest BCUT2D eigenvalue weighted by Gasteiger charge is 2.35. The number of hydrogen-bond donors (Lipinski definition) is 1. The van der Waals surface area contributed by atoms with Gasteiger partial charge in [0.15, 0.2) is 0 Å². The van der Waals surface area contributed by atoms with Gasteiger partial charge in [-0.3, -0.25) is 14.6 Å². The summed E-state index contributed by atoms with van der Waals surface area (Å²) in [7, 11) is 0. The molecule has 0 radical (unpaired) electrons. The fraction of sp³-hybridized carbons (Fsp3) is 0.458. The second-order valence-corrected chi connectivity index (χ2v) is 8.77. The summed E-state index contributed by atoms with van der Waals surface area (Å²) in [4.78, 5) is 32.1. The zero-order valence-electron chi connectivity index (χ0n) is 18.4. The van der Waals surface area contributed by atoms with Crippen LogP contribution in [0.5, 0.6) is 0 Å². The molecule has 1 aromatic heterocycles. The highest BCUT2D eigenvalue weighted by Crippen LogP contribution is 2.31. The molecule has 2 saturated heterocycles. The summed E-state index contributed by atoms with van der Waals surface area (Å²) < 4.78 is 37.3. The molecule has 0 unspecified atom stereocenters. The van der Waals surface area contributed by atoms with Crippen LogP contribution in [0.1, 0.15) is 36.4 Å². The number of nitrogens with zero attached hydrogens (tertiary/aromatic N) is 3. The first-order chi connectivity index (χ1) is 15.7. The molecule has 3 heterocycles. The third kappa shape index (κ3) is 5.64. The monoisotopic (exact) mass is 460 g/mol. The minimum absolute atomic E-state index is 0.0166. The lowest BCUT2D eigenvalue weighted by Crippen LogP contribution is -2.52. The number of amides is 2. The van der Waals surface area contributed by atoms with Gasteiger partial charge in [-0.05, 0) is 55.5 Å². The molecule has 4 rings (SSSR count). The van der Waals surface area contributed by atoms with Gasteiger partial charge < -0.3 is 15.1 Å². The molecule has 2 aliphatic rings. The lowest BCUT2D eigenvalue weighted by atomic mass is 9.89. The second-order valence-electron chi connectivity index (χ2n) is 8.77. The van der Waals surface area contributed by atoms with Crippen molar-refractivity contribution in [3.63, 3.8) is 0 Å². The predicted molar refractivity (Wildman–Crippen MR) is 119 cm³/mol. The van der Waals surface area contributed by atoms with Crippen molar-refractivity contribution in [2.75, 3.05) is 36.4 Å². The first-order valence-corrected chi connectivity index (χ1v) is 11.1. The summed E-state index contributed by atoms with van der Waals surface area (Å²) in [6, 6.07) is 11.5. The molecular formula is C24H27F3N4O2. The molecular weight excluding hydrogens is 433 g/mol. The number of anilines is 2. The predicted octanol–water partition coefficient (Wildman–Crippen LogP) is 4.12. The fourth-order valence-corrected chi connectivity index (χ4v) is 4.48. The number of halogens is 3. The van der Waals surface area contributed by atoms with Gasteiger partial charge in [-0.25, -0.2) is 0 Å². The molecule has 0 bridgehead atoms. The number of hydrogen-bond acceptors (Lipinski definition) is 4. The minimum atomic E-state index is -4.47. The molecule has 33 heavy (non-hydrogen) atoms. The van der Waals surface area contributed by atoms with Crippen molar-refractivity contribution in [2.45, 2.75) is 38.3 Å². The van der Waals surface area contributed by atoms with Gasteiger partial charge in [0.2, 0.25) is 11.8 Å². The van der Waals surface area contributed by atoms with E-state index in [0.29, 0.717) is 39.0 Å². The van der Waals surface area contributed by atoms with Crippen molar-refractivity contribution in [3.8, 4) is 0 Å². The van der Waals surface area contributed by atoms with E-state index >= 15 is 0 Å². The molecule has 176 valence electrons. The number of aryl methyl sites for hydroxylation is 1. The van der Waals surface area contributed by atoms with Crippen molar-refractivity contribution < 1.29 is 22.8 Å². The molecule has 0 spiro atoms. The number of pyridine rings is 1. The molecule has 1 N–H and O–H groups in total. The highest BCUT2D eigenvalue weighted by molar-refractivity contribution is 5.94. The lowest BCUT2D eigenvalue weighted by molar-refractivity contribution is -0.162. The molecule has 0 atom stereocenters. The smallest absolute Gasteiger partial charge is 0.368 e. The molecule has 2 aliphatic heterocycles. The zero-order valence-corrected chi connectivity index (χ0v) is 18.4. The molecule has 2 amide bonds. The van der Waals surface area contributed by atoms with Crippen LogP contribution in [-0.4, -0.2) is 54.1 Å². The molecule has 6 nitrogen and oxygen atoms in total. The maximum absolute atomic E-state index is 12.6. The Bertz CT molecular complexity index is 996. The number of rotatable bonds is 5. The Labute approximate surface area is 190 Å². The quantitative estimate of drug-likeness (QED) is 0.729. The van der Waals surface area contributed by atoms with Gasteiger partial charge in [0.25, 0.3) is 0 Å². The third-order valence-corrected chi connectivity index (χ3v) is 6.42. The van der Waals surface area contributed by atoms with E-state index in [9.17, 15) is 22.8 Å². The van der Waals surface area contributed by atoms with Crippen LogP contribution >= 0.6 is 0 Å². The number of carbonyl (C=O) groups excluding carboxylic acids is 2. The molecule has 9 heteroatoms. The van der Waals surface area contributed by atoms with E-state index in [2.05, 4.69) is 15.2 Å². The van der Waals surface area contributed by atoms with Gasteiger partial charge in [0.05, 0.1) is 17.3 Å². The van der Waals surface area contributed by atoms with E-state index in [4.69, 9.17) is 0 Å². The average molecular weight is 461 g/mol. The van der Waals surface area contributed by atoms with Crippen LogP contribution in [-0.2, 0) is 9.59 Å². The average Bonchev–Trinajstić information content (AvgIpc) is 2.73. The van der Waals surface area contributed by atoms with E-state index in [-0.39, 0.29) is 17.7 Å². The summed E-state index contributed by atoms with van der Waals surface area (Å²) in [6.07, 6.45) is -2.86. The molecule has 0 aliphatic carbocycles. The lowest BCUT2D eigenvalue weighted by Gasteiger charge is -2.40. The standard InChI is InChI=1S/C24H27F3N4O2/c1-16-21(3-2-10-28-16)31-14-19(15-31)23(33)29-20-6-4-17(5-7-20)18-8-11-30(12-9-18)22(32)13-24(25,26)27/h2-7,10,18-19H,8-9,11-15H2,1H3,(H,29,33). The summed E-state index contributed by atoms with van der Waals surface area (Å²) in [5.74, 6) is -0.764. The number of aromatic nitrogens is 1. The molecule has 1 aromatic carbocycles. The Kier molecular flexibility index (Phi) is 6.58. The fourth-order valence-electron chi connectivity index (χ4n) is 4.48. The first kappa shape index (κ1) is 23.1. The maximum Gasteiger partial charge on any atom is 0.397 e. The van der Waals surface area contributed by atoms with Crippen molar-refractivity contribution in [1.29, 1.82) is 0 Å². The Balaban J connectivity index is 1.24. The Morgan fingerprint density at radius 1 is 1.09 bits per heavy atom. The van der Waals surface area contributed by atoms with E-state index in [0.717, 1.165) is 22.6 Å². The summed E-state index contributed by atoms with van der Waals surface area (Å²) >= 11 is 0. The summed E-state index contributed by atoms with van der Waals surface area (Å²) in [5, 5.41) is 2.96. The van der Waals surface area contributed by atoms with Crippen LogP contribution in [0, 0.1) is 12.8 Å². The van der Waals surface area contributed by atoms with Gasteiger partial charge in [0, 0.05) is 38.1 Å². The number of carbonyl (C=O) groups is 2. The number of nitrogens with one attached hydrogen (secondary N) is 1. The van der Waals surface area contributed by atoms with Gasteiger partial charge in [-0.2, -0.15) is 13.2 Å². The topological polar surface area (TPSA) is 65.5 Å². The normalized spacial score (nSPS) is 17.6. The van der Waals surface area contributed by atoms with E-state index < -0.39 is 18.5 Å². The third-order valence-electron chi connectivity index (χ3n) is 6.42. The molecule has 0 saturated carbocycles. The van der Waals surface area contributed by atoms with Crippen LogP contribution in [0.25, 0.3) is 0 Å². The summed E-state index contributed by atoms with van der Waals surface area (Å²) in [6.45, 7) is 3.91. The van der Waals surface area contributed by atoms with Crippen LogP contribution in [0.2, 0.25) is 0 Å². The highest BCUT2D eigenvalue weighted by atomic mass is 19.4. The SMILES string of the molecule is Cc1ncccc1N1CC(C(=O)Nc2ccc(C3CCN(C(=O)CC(F)(F)F)CC3)cc2)C1. The number of likely N-dealkylation sites (tertiary alicyclic amines) is 1. The number of benzene rings is 1. The second kappa shape index (κ2) is 9.41. The van der Waals surface area contributed by atoms with Crippen LogP contribution in [0.15, 0.2) is 42.6 Å². The molecule has 2 aromatic rings. The van der Waals surface area contributed by atoms with E-state index in [1.807, 2.05) is 43.3 Å². The molecule has 2 fully saturated rings.